The minimum atomic E-state index is 0.601. The van der Waals surface area contributed by atoms with E-state index in [-0.39, 0.29) is 0 Å². The van der Waals surface area contributed by atoms with Gasteiger partial charge in [0.25, 0.3) is 0 Å². The summed E-state index contributed by atoms with van der Waals surface area (Å²) in [5.41, 5.74) is 0. The van der Waals surface area contributed by atoms with Gasteiger partial charge >= 0.3 is 0 Å². The summed E-state index contributed by atoms with van der Waals surface area (Å²) in [4.78, 5) is 6.75. The molecule has 1 unspecified atom stereocenters. The first-order valence-electron chi connectivity index (χ1n) is 5.27. The molecule has 0 aromatic rings. The normalized spacial score (nSPS) is 25.4. The lowest BCUT2D eigenvalue weighted by molar-refractivity contribution is 0.403. The second kappa shape index (κ2) is 6.30. The SMILES string of the molecule is CC1CCSC(=NCCCN(C)C)N1. The molecule has 1 aliphatic rings. The van der Waals surface area contributed by atoms with E-state index >= 15 is 0 Å². The van der Waals surface area contributed by atoms with Crippen molar-refractivity contribution in [3.8, 4) is 0 Å². The molecule has 0 radical (unpaired) electrons. The number of hydrogen-bond acceptors (Lipinski definition) is 3. The van der Waals surface area contributed by atoms with Crippen molar-refractivity contribution in [2.45, 2.75) is 25.8 Å². The summed E-state index contributed by atoms with van der Waals surface area (Å²) in [6.45, 7) is 4.28. The Morgan fingerprint density at radius 3 is 3.00 bits per heavy atom. The van der Waals surface area contributed by atoms with Gasteiger partial charge in [-0.15, -0.1) is 0 Å². The van der Waals surface area contributed by atoms with Gasteiger partial charge in [-0.2, -0.15) is 0 Å². The first kappa shape index (κ1) is 11.9. The predicted molar refractivity (Wildman–Crippen MR) is 65.1 cm³/mol. The van der Waals surface area contributed by atoms with Crippen LogP contribution in [0.15, 0.2) is 4.99 Å². The minimum absolute atomic E-state index is 0.601. The number of nitrogens with zero attached hydrogens (tertiary/aromatic N) is 2. The minimum Gasteiger partial charge on any atom is -0.362 e. The molecule has 3 nitrogen and oxygen atoms in total. The molecule has 1 saturated heterocycles. The predicted octanol–water partition coefficient (Wildman–Crippen LogP) is 1.41. The fourth-order valence-electron chi connectivity index (χ4n) is 1.32. The molecule has 14 heavy (non-hydrogen) atoms. The van der Waals surface area contributed by atoms with Crippen LogP contribution in [-0.4, -0.2) is 49.0 Å². The summed E-state index contributed by atoms with van der Waals surface area (Å²) in [6.07, 6.45) is 2.40. The lowest BCUT2D eigenvalue weighted by Crippen LogP contribution is -2.35. The molecule has 0 spiro atoms. The van der Waals surface area contributed by atoms with Crippen LogP contribution >= 0.6 is 11.8 Å². The molecule has 1 N–H and O–H groups in total. The average molecular weight is 215 g/mol. The van der Waals surface area contributed by atoms with Gasteiger partial charge in [0, 0.05) is 18.3 Å². The first-order valence-corrected chi connectivity index (χ1v) is 6.25. The molecule has 0 aromatic carbocycles. The Labute approximate surface area is 91.3 Å². The fourth-order valence-corrected chi connectivity index (χ4v) is 2.45. The molecule has 0 saturated carbocycles. The highest BCUT2D eigenvalue weighted by Crippen LogP contribution is 2.13. The highest BCUT2D eigenvalue weighted by atomic mass is 32.2. The maximum Gasteiger partial charge on any atom is 0.156 e. The standard InChI is InChI=1S/C10H21N3S/c1-9-5-8-14-10(12-9)11-6-4-7-13(2)3/h9H,4-8H2,1-3H3,(H,11,12). The van der Waals surface area contributed by atoms with Crippen LogP contribution in [-0.2, 0) is 0 Å². The molecule has 0 amide bonds. The van der Waals surface area contributed by atoms with E-state index in [0.717, 1.165) is 24.7 Å². The van der Waals surface area contributed by atoms with Crippen molar-refractivity contribution >= 4 is 16.9 Å². The number of rotatable bonds is 4. The maximum atomic E-state index is 4.55. The number of aliphatic imine (C=N–C) groups is 1. The molecule has 1 atom stereocenters. The van der Waals surface area contributed by atoms with Gasteiger partial charge in [0.2, 0.25) is 0 Å². The van der Waals surface area contributed by atoms with Crippen LogP contribution in [0.25, 0.3) is 0 Å². The monoisotopic (exact) mass is 215 g/mol. The largest absolute Gasteiger partial charge is 0.362 e. The van der Waals surface area contributed by atoms with Gasteiger partial charge in [-0.05, 0) is 40.4 Å². The quantitative estimate of drug-likeness (QED) is 0.719. The third-order valence-corrected chi connectivity index (χ3v) is 3.14. The Hall–Kier alpha value is -0.220. The van der Waals surface area contributed by atoms with Crippen molar-refractivity contribution in [1.29, 1.82) is 0 Å². The smallest absolute Gasteiger partial charge is 0.156 e. The average Bonchev–Trinajstić information content (AvgIpc) is 2.12. The summed E-state index contributed by atoms with van der Waals surface area (Å²) < 4.78 is 0. The Balaban J connectivity index is 2.16. The van der Waals surface area contributed by atoms with Crippen LogP contribution in [0.4, 0.5) is 0 Å². The Kier molecular flexibility index (Phi) is 5.33. The molecule has 4 heteroatoms. The molecule has 0 bridgehead atoms. The van der Waals surface area contributed by atoms with Crippen LogP contribution in [0.5, 0.6) is 0 Å². The van der Waals surface area contributed by atoms with E-state index in [1.54, 1.807) is 0 Å². The second-order valence-electron chi connectivity index (χ2n) is 4.03. The molecule has 0 aliphatic carbocycles. The molecular formula is C10H21N3S. The molecule has 1 aliphatic heterocycles. The number of amidine groups is 1. The van der Waals surface area contributed by atoms with Gasteiger partial charge in [0.1, 0.15) is 0 Å². The van der Waals surface area contributed by atoms with E-state index in [1.165, 1.54) is 12.2 Å². The molecule has 1 rings (SSSR count). The summed E-state index contributed by atoms with van der Waals surface area (Å²) in [5, 5.41) is 4.55. The highest BCUT2D eigenvalue weighted by molar-refractivity contribution is 8.13. The zero-order chi connectivity index (χ0) is 10.4. The first-order chi connectivity index (χ1) is 6.68. The molecular weight excluding hydrogens is 194 g/mol. The van der Waals surface area contributed by atoms with E-state index in [4.69, 9.17) is 0 Å². The highest BCUT2D eigenvalue weighted by Gasteiger charge is 2.12. The van der Waals surface area contributed by atoms with Crippen molar-refractivity contribution in [3.05, 3.63) is 0 Å². The van der Waals surface area contributed by atoms with E-state index in [0.29, 0.717) is 6.04 Å². The Bertz CT molecular complexity index is 192. The maximum absolute atomic E-state index is 4.55. The van der Waals surface area contributed by atoms with Crippen LogP contribution in [0.2, 0.25) is 0 Å². The van der Waals surface area contributed by atoms with Gasteiger partial charge < -0.3 is 10.2 Å². The Morgan fingerprint density at radius 1 is 1.57 bits per heavy atom. The van der Waals surface area contributed by atoms with E-state index in [1.807, 2.05) is 11.8 Å². The van der Waals surface area contributed by atoms with Crippen molar-refractivity contribution in [1.82, 2.24) is 10.2 Å². The number of thioether (sulfide) groups is 1. The van der Waals surface area contributed by atoms with Gasteiger partial charge in [-0.25, -0.2) is 0 Å². The molecule has 1 fully saturated rings. The zero-order valence-electron chi connectivity index (χ0n) is 9.42. The topological polar surface area (TPSA) is 27.6 Å². The van der Waals surface area contributed by atoms with Crippen molar-refractivity contribution < 1.29 is 0 Å². The second-order valence-corrected chi connectivity index (χ2v) is 5.11. The summed E-state index contributed by atoms with van der Waals surface area (Å²) in [5.74, 6) is 1.21. The van der Waals surface area contributed by atoms with Crippen molar-refractivity contribution in [2.75, 3.05) is 32.9 Å². The lowest BCUT2D eigenvalue weighted by Gasteiger charge is -2.21. The molecule has 0 aromatic heterocycles. The number of nitrogens with one attached hydrogen (secondary N) is 1. The third kappa shape index (κ3) is 4.86. The summed E-state index contributed by atoms with van der Waals surface area (Å²) >= 11 is 1.85. The Morgan fingerprint density at radius 2 is 2.36 bits per heavy atom. The lowest BCUT2D eigenvalue weighted by atomic mass is 10.3. The van der Waals surface area contributed by atoms with Crippen LogP contribution in [0.3, 0.4) is 0 Å². The fraction of sp³-hybridized carbons (Fsp3) is 0.900. The van der Waals surface area contributed by atoms with Gasteiger partial charge in [0.15, 0.2) is 5.17 Å². The summed E-state index contributed by atoms with van der Waals surface area (Å²) in [7, 11) is 4.20. The van der Waals surface area contributed by atoms with Crippen molar-refractivity contribution in [2.24, 2.45) is 4.99 Å². The molecule has 82 valence electrons. The summed E-state index contributed by atoms with van der Waals surface area (Å²) in [6, 6.07) is 0.601. The van der Waals surface area contributed by atoms with E-state index in [2.05, 4.69) is 36.2 Å². The van der Waals surface area contributed by atoms with Crippen molar-refractivity contribution in [3.63, 3.8) is 0 Å². The van der Waals surface area contributed by atoms with E-state index < -0.39 is 0 Å². The van der Waals surface area contributed by atoms with Crippen LogP contribution < -0.4 is 5.32 Å². The van der Waals surface area contributed by atoms with Gasteiger partial charge in [-0.1, -0.05) is 11.8 Å². The number of hydrogen-bond donors (Lipinski definition) is 1. The zero-order valence-corrected chi connectivity index (χ0v) is 10.2. The van der Waals surface area contributed by atoms with Gasteiger partial charge in [-0.3, -0.25) is 4.99 Å². The molecule has 1 heterocycles. The van der Waals surface area contributed by atoms with Gasteiger partial charge in [0.05, 0.1) is 0 Å². The van der Waals surface area contributed by atoms with E-state index in [9.17, 15) is 0 Å². The third-order valence-electron chi connectivity index (χ3n) is 2.18. The van der Waals surface area contributed by atoms with Crippen LogP contribution in [0, 0.1) is 0 Å². The van der Waals surface area contributed by atoms with Crippen LogP contribution in [0.1, 0.15) is 19.8 Å².